The topological polar surface area (TPSA) is 166 Å². The Labute approximate surface area is 200 Å². The van der Waals surface area contributed by atoms with E-state index in [-0.39, 0.29) is 23.2 Å². The summed E-state index contributed by atoms with van der Waals surface area (Å²) in [7, 11) is -3.83. The highest BCUT2D eigenvalue weighted by molar-refractivity contribution is 7.91. The average Bonchev–Trinajstić information content (AvgIpc) is 2.79. The van der Waals surface area contributed by atoms with Crippen molar-refractivity contribution in [3.8, 4) is 0 Å². The molecule has 2 heterocycles. The monoisotopic (exact) mass is 493 g/mol. The lowest BCUT2D eigenvalue weighted by Crippen LogP contribution is -2.52. The third kappa shape index (κ3) is 6.19. The zero-order chi connectivity index (χ0) is 24.9. The van der Waals surface area contributed by atoms with Crippen molar-refractivity contribution in [3.05, 3.63) is 23.8 Å². The summed E-state index contributed by atoms with van der Waals surface area (Å²) in [5, 5.41) is 22.9. The van der Waals surface area contributed by atoms with Crippen LogP contribution in [0.15, 0.2) is 23.1 Å². The van der Waals surface area contributed by atoms with Gasteiger partial charge in [0.05, 0.1) is 22.3 Å². The number of likely N-dealkylation sites (tertiary alicyclic amines) is 1. The second-order valence-electron chi connectivity index (χ2n) is 9.30. The highest BCUT2D eigenvalue weighted by atomic mass is 32.2. The lowest BCUT2D eigenvalue weighted by Gasteiger charge is -2.38. The van der Waals surface area contributed by atoms with E-state index in [9.17, 15) is 23.1 Å². The molecule has 0 aromatic heterocycles. The molecule has 3 rings (SSSR count). The van der Waals surface area contributed by atoms with Crippen LogP contribution in [0, 0.1) is 17.2 Å². The van der Waals surface area contributed by atoms with Crippen LogP contribution >= 0.6 is 0 Å². The first-order valence-corrected chi connectivity index (χ1v) is 13.4. The molecule has 2 aliphatic heterocycles. The lowest BCUT2D eigenvalue weighted by atomic mass is 9.90. The van der Waals surface area contributed by atoms with Gasteiger partial charge in [0.25, 0.3) is 0 Å². The second-order valence-corrected chi connectivity index (χ2v) is 11.3. The van der Waals surface area contributed by atoms with E-state index in [1.54, 1.807) is 12.1 Å². The van der Waals surface area contributed by atoms with Crippen molar-refractivity contribution < 1.29 is 23.1 Å². The quantitative estimate of drug-likeness (QED) is 0.196. The Morgan fingerprint density at radius 3 is 2.85 bits per heavy atom. The normalized spacial score (nSPS) is 21.1. The summed E-state index contributed by atoms with van der Waals surface area (Å²) < 4.78 is 27.0. The number of carboxylic acid groups (broad SMARTS) is 1. The van der Waals surface area contributed by atoms with Crippen LogP contribution in [0.5, 0.6) is 0 Å². The summed E-state index contributed by atoms with van der Waals surface area (Å²) in [6.45, 7) is 3.26. The number of nitrogens with two attached hydrogens (primary N) is 1. The molecule has 34 heavy (non-hydrogen) atoms. The number of nitrogens with zero attached hydrogens (tertiary/aromatic N) is 1. The summed E-state index contributed by atoms with van der Waals surface area (Å²) in [5.41, 5.74) is 6.87. The fraction of sp³-hybridized carbons (Fsp3) is 0.609. The number of nitrogens with one attached hydrogen (secondary N) is 3. The molecule has 2 aliphatic rings. The Balaban J connectivity index is 1.86. The molecule has 1 amide bonds. The summed E-state index contributed by atoms with van der Waals surface area (Å²) in [6, 6.07) is 4.23. The maximum atomic E-state index is 13.5. The Morgan fingerprint density at radius 1 is 1.38 bits per heavy atom. The van der Waals surface area contributed by atoms with Crippen molar-refractivity contribution in [3.63, 3.8) is 0 Å². The van der Waals surface area contributed by atoms with Gasteiger partial charge in [-0.3, -0.25) is 10.2 Å². The third-order valence-corrected chi connectivity index (χ3v) is 8.47. The number of aryl methyl sites for hydroxylation is 1. The largest absolute Gasteiger partial charge is 0.480 e. The number of carbonyl (C=O) groups is 2. The van der Waals surface area contributed by atoms with Crippen molar-refractivity contribution >= 4 is 33.4 Å². The molecule has 0 aliphatic carbocycles. The predicted octanol–water partition coefficient (Wildman–Crippen LogP) is 1.41. The van der Waals surface area contributed by atoms with E-state index in [1.165, 1.54) is 4.90 Å². The number of carboxylic acids is 1. The van der Waals surface area contributed by atoms with E-state index < -0.39 is 39.4 Å². The molecule has 3 atom stereocenters. The number of para-hydroxylation sites is 1. The minimum atomic E-state index is -3.83. The van der Waals surface area contributed by atoms with E-state index in [0.717, 1.165) is 18.4 Å². The second kappa shape index (κ2) is 11.1. The molecule has 0 bridgehead atoms. The number of guanidine groups is 1. The predicted molar refractivity (Wildman–Crippen MR) is 129 cm³/mol. The molecule has 1 aromatic rings. The summed E-state index contributed by atoms with van der Waals surface area (Å²) in [6.07, 6.45) is 3.39. The van der Waals surface area contributed by atoms with Crippen LogP contribution in [0.25, 0.3) is 0 Å². The van der Waals surface area contributed by atoms with Gasteiger partial charge in [-0.05, 0) is 56.1 Å². The van der Waals surface area contributed by atoms with Crippen LogP contribution in [-0.4, -0.2) is 67.7 Å². The van der Waals surface area contributed by atoms with Gasteiger partial charge in [-0.25, -0.2) is 13.2 Å². The SMILES string of the molecule is CC1CCN(C(=O)C(CCCNC(=N)N)CS(=O)(=O)c2cccc3c2NCCC3)C(C(=O)O)C1. The lowest BCUT2D eigenvalue weighted by molar-refractivity contribution is -0.154. The molecule has 0 saturated carbocycles. The number of amides is 1. The van der Waals surface area contributed by atoms with Gasteiger partial charge in [-0.2, -0.15) is 0 Å². The molecule has 1 fully saturated rings. The maximum absolute atomic E-state index is 13.5. The van der Waals surface area contributed by atoms with Gasteiger partial charge < -0.3 is 26.4 Å². The van der Waals surface area contributed by atoms with Gasteiger partial charge >= 0.3 is 5.97 Å². The van der Waals surface area contributed by atoms with E-state index >= 15 is 0 Å². The molecule has 1 aromatic carbocycles. The number of rotatable bonds is 9. The van der Waals surface area contributed by atoms with Gasteiger partial charge in [-0.15, -0.1) is 0 Å². The molecular weight excluding hydrogens is 458 g/mol. The van der Waals surface area contributed by atoms with Gasteiger partial charge in [-0.1, -0.05) is 19.1 Å². The fourth-order valence-corrected chi connectivity index (χ4v) is 6.63. The van der Waals surface area contributed by atoms with Crippen LogP contribution in [-0.2, 0) is 25.8 Å². The molecular formula is C23H35N5O5S. The first-order valence-electron chi connectivity index (χ1n) is 11.8. The number of sulfone groups is 1. The number of benzene rings is 1. The maximum Gasteiger partial charge on any atom is 0.326 e. The minimum Gasteiger partial charge on any atom is -0.480 e. The highest BCUT2D eigenvalue weighted by Gasteiger charge is 2.39. The van der Waals surface area contributed by atoms with Gasteiger partial charge in [0, 0.05) is 19.6 Å². The third-order valence-electron chi connectivity index (χ3n) is 6.62. The van der Waals surface area contributed by atoms with Crippen molar-refractivity contribution in [1.29, 1.82) is 5.41 Å². The van der Waals surface area contributed by atoms with Crippen molar-refractivity contribution in [2.75, 3.05) is 30.7 Å². The molecule has 0 spiro atoms. The van der Waals surface area contributed by atoms with E-state index in [2.05, 4.69) is 10.6 Å². The summed E-state index contributed by atoms with van der Waals surface area (Å²) in [5.74, 6) is -2.83. The first kappa shape index (κ1) is 25.8. The number of anilines is 1. The van der Waals surface area contributed by atoms with E-state index in [0.29, 0.717) is 44.6 Å². The minimum absolute atomic E-state index is 0.175. The van der Waals surface area contributed by atoms with Crippen LogP contribution in [0.3, 0.4) is 0 Å². The van der Waals surface area contributed by atoms with E-state index in [4.69, 9.17) is 11.1 Å². The van der Waals surface area contributed by atoms with Crippen LogP contribution in [0.4, 0.5) is 5.69 Å². The van der Waals surface area contributed by atoms with E-state index in [1.807, 2.05) is 13.0 Å². The fourth-order valence-electron chi connectivity index (χ4n) is 4.82. The summed E-state index contributed by atoms with van der Waals surface area (Å²) >= 11 is 0. The van der Waals surface area contributed by atoms with Crippen molar-refractivity contribution in [1.82, 2.24) is 10.2 Å². The van der Waals surface area contributed by atoms with Crippen LogP contribution in [0.2, 0.25) is 0 Å². The van der Waals surface area contributed by atoms with Crippen molar-refractivity contribution in [2.24, 2.45) is 17.6 Å². The number of hydrogen-bond acceptors (Lipinski definition) is 6. The molecule has 6 N–H and O–H groups in total. The van der Waals surface area contributed by atoms with Gasteiger partial charge in [0.15, 0.2) is 15.8 Å². The Morgan fingerprint density at radius 2 is 2.15 bits per heavy atom. The molecule has 0 radical (unpaired) electrons. The van der Waals surface area contributed by atoms with Crippen molar-refractivity contribution in [2.45, 2.75) is 56.4 Å². The number of fused-ring (bicyclic) bond motifs is 1. The number of carbonyl (C=O) groups excluding carboxylic acids is 1. The summed E-state index contributed by atoms with van der Waals surface area (Å²) in [4.78, 5) is 26.9. The zero-order valence-corrected chi connectivity index (χ0v) is 20.4. The standard InChI is InChI=1S/C23H35N5O5S/c1-15-9-12-28(18(13-15)22(30)31)21(29)17(7-4-11-27-23(24)25)14-34(32,33)19-8-2-5-16-6-3-10-26-20(16)19/h2,5,8,15,17-18,26H,3-4,6-7,9-14H2,1H3,(H,30,31)(H4,24,25,27). The highest BCUT2D eigenvalue weighted by Crippen LogP contribution is 2.32. The molecule has 3 unspecified atom stereocenters. The van der Waals surface area contributed by atoms with Crippen LogP contribution < -0.4 is 16.4 Å². The Kier molecular flexibility index (Phi) is 8.40. The zero-order valence-electron chi connectivity index (χ0n) is 19.5. The number of hydrogen-bond donors (Lipinski definition) is 5. The average molecular weight is 494 g/mol. The Bertz CT molecular complexity index is 1030. The van der Waals surface area contributed by atoms with Gasteiger partial charge in [0.2, 0.25) is 5.91 Å². The first-order chi connectivity index (χ1) is 16.1. The molecule has 1 saturated heterocycles. The molecule has 188 valence electrons. The molecule has 11 heteroatoms. The Hall–Kier alpha value is -2.82. The van der Waals surface area contributed by atoms with Gasteiger partial charge in [0.1, 0.15) is 6.04 Å². The van der Waals surface area contributed by atoms with Crippen LogP contribution in [0.1, 0.15) is 44.6 Å². The molecule has 10 nitrogen and oxygen atoms in total. The smallest absolute Gasteiger partial charge is 0.326 e. The number of piperidine rings is 1. The number of aliphatic carboxylic acids is 1.